The Morgan fingerprint density at radius 3 is 2.72 bits per heavy atom. The van der Waals surface area contributed by atoms with Gasteiger partial charge in [0.15, 0.2) is 16.3 Å². The average molecular weight is 393 g/mol. The topological polar surface area (TPSA) is 52.8 Å². The summed E-state index contributed by atoms with van der Waals surface area (Å²) < 4.78 is 14.8. The molecular weight excluding hydrogens is 380 g/mol. The molecule has 2 aromatic heterocycles. The molecule has 3 aromatic rings. The molecule has 1 aliphatic rings. The predicted molar refractivity (Wildman–Crippen MR) is 100 cm³/mol. The van der Waals surface area contributed by atoms with Gasteiger partial charge in [-0.1, -0.05) is 29.0 Å². The lowest BCUT2D eigenvalue weighted by atomic mass is 10.2. The van der Waals surface area contributed by atoms with Gasteiger partial charge in [0.05, 0.1) is 19.4 Å². The van der Waals surface area contributed by atoms with Crippen LogP contribution in [0, 0.1) is 0 Å². The van der Waals surface area contributed by atoms with Crippen molar-refractivity contribution in [3.63, 3.8) is 0 Å². The van der Waals surface area contributed by atoms with Crippen molar-refractivity contribution in [2.75, 3.05) is 13.2 Å². The Morgan fingerprint density at radius 1 is 1.28 bits per heavy atom. The molecule has 3 heterocycles. The van der Waals surface area contributed by atoms with E-state index in [2.05, 4.69) is 11.6 Å². The van der Waals surface area contributed by atoms with Crippen molar-refractivity contribution in [1.82, 2.24) is 4.57 Å². The van der Waals surface area contributed by atoms with Crippen LogP contribution in [0.25, 0.3) is 10.2 Å². The molecule has 8 heteroatoms. The molecule has 0 atom stereocenters. The number of carbonyl (C=O) groups is 1. The normalized spacial score (nSPS) is 14.0. The third-order valence-corrected chi connectivity index (χ3v) is 5.90. The standard InChI is InChI=1S/C17H13ClN2O3S2/c1-2-5-20-10-8-11-12(23-7-6-22-11)9-14(10)25-17(20)19-16(21)13-3-4-15(18)24-13/h2-4,8-9H,1,5-7H2. The minimum atomic E-state index is -0.307. The lowest BCUT2D eigenvalue weighted by molar-refractivity contribution is 0.100. The smallest absolute Gasteiger partial charge is 0.289 e. The van der Waals surface area contributed by atoms with Crippen LogP contribution in [0.4, 0.5) is 0 Å². The number of nitrogens with zero attached hydrogens (tertiary/aromatic N) is 2. The molecule has 0 N–H and O–H groups in total. The van der Waals surface area contributed by atoms with Crippen molar-refractivity contribution in [3.8, 4) is 11.5 Å². The highest BCUT2D eigenvalue weighted by Gasteiger charge is 2.17. The third-order valence-electron chi connectivity index (χ3n) is 3.64. The first-order valence-electron chi connectivity index (χ1n) is 7.54. The van der Waals surface area contributed by atoms with Gasteiger partial charge in [-0.05, 0) is 12.1 Å². The number of thiophene rings is 1. The Hall–Kier alpha value is -2.09. The Balaban J connectivity index is 1.87. The van der Waals surface area contributed by atoms with Gasteiger partial charge in [-0.2, -0.15) is 4.99 Å². The molecule has 0 fully saturated rings. The van der Waals surface area contributed by atoms with Gasteiger partial charge in [0.2, 0.25) is 0 Å². The van der Waals surface area contributed by atoms with Crippen LogP contribution in [0.1, 0.15) is 9.67 Å². The van der Waals surface area contributed by atoms with E-state index in [1.807, 2.05) is 16.7 Å². The molecule has 0 aliphatic carbocycles. The summed E-state index contributed by atoms with van der Waals surface area (Å²) in [5, 5.41) is 0. The van der Waals surface area contributed by atoms with E-state index >= 15 is 0 Å². The molecule has 0 bridgehead atoms. The van der Waals surface area contributed by atoms with Crippen LogP contribution < -0.4 is 14.3 Å². The van der Waals surface area contributed by atoms with E-state index in [1.165, 1.54) is 22.7 Å². The molecule has 1 amide bonds. The first-order valence-corrected chi connectivity index (χ1v) is 9.55. The Morgan fingerprint density at radius 2 is 2.04 bits per heavy atom. The summed E-state index contributed by atoms with van der Waals surface area (Å²) in [4.78, 5) is 17.8. The average Bonchev–Trinajstić information content (AvgIpc) is 3.18. The second-order valence-electron chi connectivity index (χ2n) is 5.27. The fraction of sp³-hybridized carbons (Fsp3) is 0.176. The maximum Gasteiger partial charge on any atom is 0.289 e. The minimum absolute atomic E-state index is 0.307. The summed E-state index contributed by atoms with van der Waals surface area (Å²) in [5.74, 6) is 1.12. The van der Waals surface area contributed by atoms with Crippen molar-refractivity contribution >= 4 is 50.4 Å². The zero-order valence-corrected chi connectivity index (χ0v) is 15.4. The van der Waals surface area contributed by atoms with Crippen LogP contribution in [-0.4, -0.2) is 23.7 Å². The summed E-state index contributed by atoms with van der Waals surface area (Å²) in [7, 11) is 0. The first kappa shape index (κ1) is 16.4. The summed E-state index contributed by atoms with van der Waals surface area (Å²) in [6.07, 6.45) is 1.77. The van der Waals surface area contributed by atoms with E-state index in [0.29, 0.717) is 45.3 Å². The summed E-state index contributed by atoms with van der Waals surface area (Å²) in [5.41, 5.74) is 0.935. The maximum absolute atomic E-state index is 12.4. The first-order chi connectivity index (χ1) is 12.2. The zero-order chi connectivity index (χ0) is 17.4. The van der Waals surface area contributed by atoms with E-state index in [1.54, 1.807) is 18.2 Å². The number of aromatic nitrogens is 1. The van der Waals surface area contributed by atoms with E-state index in [9.17, 15) is 4.79 Å². The highest BCUT2D eigenvalue weighted by atomic mass is 35.5. The molecule has 0 unspecified atom stereocenters. The quantitative estimate of drug-likeness (QED) is 0.630. The number of halogens is 1. The molecule has 1 aliphatic heterocycles. The number of carbonyl (C=O) groups excluding carboxylic acids is 1. The van der Waals surface area contributed by atoms with Crippen molar-refractivity contribution in [1.29, 1.82) is 0 Å². The number of amides is 1. The van der Waals surface area contributed by atoms with E-state index in [-0.39, 0.29) is 5.91 Å². The zero-order valence-electron chi connectivity index (χ0n) is 13.0. The number of allylic oxidation sites excluding steroid dienone is 1. The van der Waals surface area contributed by atoms with Crippen LogP contribution in [0.5, 0.6) is 11.5 Å². The number of ether oxygens (including phenoxy) is 2. The van der Waals surface area contributed by atoms with Crippen LogP contribution >= 0.6 is 34.3 Å². The SMILES string of the molecule is C=CCn1c(=NC(=O)c2ccc(Cl)s2)sc2cc3c(cc21)OCCO3. The van der Waals surface area contributed by atoms with Gasteiger partial charge in [0.25, 0.3) is 5.91 Å². The molecular formula is C17H13ClN2O3S2. The van der Waals surface area contributed by atoms with Crippen molar-refractivity contribution in [2.24, 2.45) is 4.99 Å². The Labute approximate surface area is 156 Å². The van der Waals surface area contributed by atoms with Gasteiger partial charge in [-0.15, -0.1) is 17.9 Å². The molecule has 4 rings (SSSR count). The van der Waals surface area contributed by atoms with Crippen LogP contribution in [-0.2, 0) is 6.54 Å². The van der Waals surface area contributed by atoms with Gasteiger partial charge >= 0.3 is 0 Å². The number of rotatable bonds is 3. The number of thiazole rings is 1. The largest absolute Gasteiger partial charge is 0.486 e. The van der Waals surface area contributed by atoms with Crippen molar-refractivity contribution in [3.05, 3.63) is 50.9 Å². The molecule has 1 aromatic carbocycles. The monoisotopic (exact) mass is 392 g/mol. The summed E-state index contributed by atoms with van der Waals surface area (Å²) in [6, 6.07) is 7.24. The third kappa shape index (κ3) is 3.10. The molecule has 128 valence electrons. The minimum Gasteiger partial charge on any atom is -0.486 e. The van der Waals surface area contributed by atoms with Crippen LogP contribution in [0.15, 0.2) is 41.9 Å². The maximum atomic E-state index is 12.4. The highest BCUT2D eigenvalue weighted by molar-refractivity contribution is 7.18. The van der Waals surface area contributed by atoms with E-state index in [4.69, 9.17) is 21.1 Å². The Kier molecular flexibility index (Phi) is 4.37. The van der Waals surface area contributed by atoms with E-state index < -0.39 is 0 Å². The summed E-state index contributed by atoms with van der Waals surface area (Å²) >= 11 is 8.56. The van der Waals surface area contributed by atoms with Gasteiger partial charge < -0.3 is 14.0 Å². The van der Waals surface area contributed by atoms with Crippen LogP contribution in [0.3, 0.4) is 0 Å². The highest BCUT2D eigenvalue weighted by Crippen LogP contribution is 2.35. The predicted octanol–water partition coefficient (Wildman–Crippen LogP) is 4.12. The Bertz CT molecular complexity index is 1050. The second kappa shape index (κ2) is 6.67. The number of hydrogen-bond donors (Lipinski definition) is 0. The van der Waals surface area contributed by atoms with E-state index in [0.717, 1.165) is 10.2 Å². The van der Waals surface area contributed by atoms with Crippen LogP contribution in [0.2, 0.25) is 4.34 Å². The number of hydrogen-bond acceptors (Lipinski definition) is 5. The van der Waals surface area contributed by atoms with Gasteiger partial charge in [0.1, 0.15) is 13.2 Å². The summed E-state index contributed by atoms with van der Waals surface area (Å²) in [6.45, 7) is 5.40. The van der Waals surface area contributed by atoms with Crippen molar-refractivity contribution < 1.29 is 14.3 Å². The number of fused-ring (bicyclic) bond motifs is 2. The van der Waals surface area contributed by atoms with Crippen molar-refractivity contribution in [2.45, 2.75) is 6.54 Å². The molecule has 0 radical (unpaired) electrons. The van der Waals surface area contributed by atoms with Gasteiger partial charge in [-0.3, -0.25) is 4.79 Å². The lowest BCUT2D eigenvalue weighted by Crippen LogP contribution is -2.17. The molecule has 0 spiro atoms. The molecule has 0 saturated heterocycles. The molecule has 0 saturated carbocycles. The molecule has 25 heavy (non-hydrogen) atoms. The fourth-order valence-corrected chi connectivity index (χ4v) is 4.54. The molecule has 5 nitrogen and oxygen atoms in total. The van der Waals surface area contributed by atoms with Gasteiger partial charge in [-0.25, -0.2) is 0 Å². The fourth-order valence-electron chi connectivity index (χ4n) is 2.57. The second-order valence-corrected chi connectivity index (χ2v) is 7.99. The number of benzene rings is 1. The van der Waals surface area contributed by atoms with Gasteiger partial charge in [0, 0.05) is 18.7 Å². The lowest BCUT2D eigenvalue weighted by Gasteiger charge is -2.18.